The van der Waals surface area contributed by atoms with Gasteiger partial charge in [0.2, 0.25) is 5.56 Å². The third-order valence-electron chi connectivity index (χ3n) is 6.06. The molecule has 0 unspecified atom stereocenters. The summed E-state index contributed by atoms with van der Waals surface area (Å²) in [6.45, 7) is 5.47. The highest BCUT2D eigenvalue weighted by atomic mass is 16.4. The first-order valence-corrected chi connectivity index (χ1v) is 11.0. The molecule has 0 spiro atoms. The average Bonchev–Trinajstić information content (AvgIpc) is 2.81. The van der Waals surface area contributed by atoms with Gasteiger partial charge in [0.05, 0.1) is 16.9 Å². The first-order chi connectivity index (χ1) is 15.7. The van der Waals surface area contributed by atoms with Crippen molar-refractivity contribution in [3.63, 3.8) is 0 Å². The van der Waals surface area contributed by atoms with Crippen LogP contribution in [0.4, 0.5) is 11.4 Å². The lowest BCUT2D eigenvalue weighted by molar-refractivity contribution is 0.257. The highest BCUT2D eigenvalue weighted by molar-refractivity contribution is 5.91. The number of fused-ring (bicyclic) bond motifs is 2. The molecular formula is C25H26N4O3. The summed E-state index contributed by atoms with van der Waals surface area (Å²) in [5, 5.41) is 5.40. The molecule has 0 radical (unpaired) electrons. The lowest BCUT2D eigenvalue weighted by Crippen LogP contribution is -2.47. The fourth-order valence-electron chi connectivity index (χ4n) is 4.44. The Hall–Kier alpha value is -3.58. The Kier molecular flexibility index (Phi) is 5.64. The highest BCUT2D eigenvalue weighted by Crippen LogP contribution is 2.25. The molecule has 0 aliphatic carbocycles. The summed E-state index contributed by atoms with van der Waals surface area (Å²) in [5.41, 5.74) is 2.92. The van der Waals surface area contributed by atoms with Gasteiger partial charge in [0.25, 0.3) is 0 Å². The van der Waals surface area contributed by atoms with E-state index in [9.17, 15) is 9.59 Å². The molecule has 3 heterocycles. The SMILES string of the molecule is O=c1cc(N2CCN(CCCNc3cc(=O)oc4ccccc34)CC2)c2ccccc2[nH]1. The topological polar surface area (TPSA) is 81.6 Å². The van der Waals surface area contributed by atoms with Crippen molar-refractivity contribution in [1.82, 2.24) is 9.88 Å². The van der Waals surface area contributed by atoms with E-state index in [-0.39, 0.29) is 11.2 Å². The van der Waals surface area contributed by atoms with E-state index in [1.54, 1.807) is 6.07 Å². The molecule has 7 nitrogen and oxygen atoms in total. The Morgan fingerprint density at radius 2 is 1.66 bits per heavy atom. The first-order valence-electron chi connectivity index (χ1n) is 11.0. The Balaban J connectivity index is 1.16. The van der Waals surface area contributed by atoms with Crippen LogP contribution in [0.15, 0.2) is 74.7 Å². The number of anilines is 2. The molecule has 1 saturated heterocycles. The fraction of sp³-hybridized carbons (Fsp3) is 0.280. The maximum Gasteiger partial charge on any atom is 0.338 e. The number of hydrogen-bond acceptors (Lipinski definition) is 6. The van der Waals surface area contributed by atoms with Gasteiger partial charge in [-0.25, -0.2) is 4.79 Å². The van der Waals surface area contributed by atoms with Gasteiger partial charge in [-0.1, -0.05) is 30.3 Å². The standard InChI is InChI=1S/C25H26N4O3/c30-24-17-22(18-6-1-3-8-20(18)27-24)29-14-12-28(13-15-29)11-5-10-26-21-16-25(31)32-23-9-4-2-7-19(21)23/h1-4,6-9,16-17,26H,5,10-15H2,(H,27,30). The van der Waals surface area contributed by atoms with Gasteiger partial charge in [0, 0.05) is 55.6 Å². The molecule has 0 amide bonds. The predicted molar refractivity (Wildman–Crippen MR) is 129 cm³/mol. The summed E-state index contributed by atoms with van der Waals surface area (Å²) in [7, 11) is 0. The molecule has 4 aromatic rings. The number of para-hydroxylation sites is 2. The van der Waals surface area contributed by atoms with Crippen LogP contribution in [-0.4, -0.2) is 49.2 Å². The maximum absolute atomic E-state index is 12.1. The van der Waals surface area contributed by atoms with E-state index < -0.39 is 0 Å². The van der Waals surface area contributed by atoms with Gasteiger partial charge >= 0.3 is 5.63 Å². The van der Waals surface area contributed by atoms with Gasteiger partial charge in [0.1, 0.15) is 5.58 Å². The van der Waals surface area contributed by atoms with Gasteiger partial charge in [0.15, 0.2) is 0 Å². The number of nitrogens with one attached hydrogen (secondary N) is 2. The second kappa shape index (κ2) is 8.88. The van der Waals surface area contributed by atoms with Gasteiger partial charge in [-0.05, 0) is 31.2 Å². The molecule has 0 bridgehead atoms. The van der Waals surface area contributed by atoms with Crippen LogP contribution in [0.1, 0.15) is 6.42 Å². The van der Waals surface area contributed by atoms with Crippen molar-refractivity contribution in [2.75, 3.05) is 49.5 Å². The van der Waals surface area contributed by atoms with E-state index in [4.69, 9.17) is 4.42 Å². The fourth-order valence-corrected chi connectivity index (χ4v) is 4.44. The van der Waals surface area contributed by atoms with E-state index in [1.165, 1.54) is 6.07 Å². The van der Waals surface area contributed by atoms with Crippen LogP contribution in [0, 0.1) is 0 Å². The summed E-state index contributed by atoms with van der Waals surface area (Å²) in [6, 6.07) is 18.8. The number of rotatable bonds is 6. The molecule has 1 fully saturated rings. The number of pyridine rings is 1. The van der Waals surface area contributed by atoms with Crippen molar-refractivity contribution >= 4 is 33.2 Å². The quantitative estimate of drug-likeness (QED) is 0.361. The molecule has 2 aromatic carbocycles. The normalized spacial score (nSPS) is 14.8. The zero-order chi connectivity index (χ0) is 21.9. The zero-order valence-corrected chi connectivity index (χ0v) is 17.8. The van der Waals surface area contributed by atoms with Gasteiger partial charge < -0.3 is 19.6 Å². The zero-order valence-electron chi connectivity index (χ0n) is 17.8. The third kappa shape index (κ3) is 4.24. The van der Waals surface area contributed by atoms with E-state index >= 15 is 0 Å². The van der Waals surface area contributed by atoms with E-state index in [0.29, 0.717) is 5.58 Å². The van der Waals surface area contributed by atoms with Gasteiger partial charge in [-0.15, -0.1) is 0 Å². The smallest absolute Gasteiger partial charge is 0.338 e. The molecule has 32 heavy (non-hydrogen) atoms. The molecule has 0 saturated carbocycles. The van der Waals surface area contributed by atoms with E-state index in [1.807, 2.05) is 42.5 Å². The van der Waals surface area contributed by atoms with Crippen molar-refractivity contribution in [3.8, 4) is 0 Å². The van der Waals surface area contributed by atoms with Crippen LogP contribution in [-0.2, 0) is 0 Å². The summed E-state index contributed by atoms with van der Waals surface area (Å²) >= 11 is 0. The molecule has 7 heteroatoms. The third-order valence-corrected chi connectivity index (χ3v) is 6.06. The monoisotopic (exact) mass is 430 g/mol. The largest absolute Gasteiger partial charge is 0.423 e. The number of hydrogen-bond donors (Lipinski definition) is 2. The van der Waals surface area contributed by atoms with Crippen molar-refractivity contribution in [2.45, 2.75) is 6.42 Å². The van der Waals surface area contributed by atoms with Crippen LogP contribution in [0.25, 0.3) is 21.9 Å². The number of aromatic amines is 1. The second-order valence-corrected chi connectivity index (χ2v) is 8.15. The lowest BCUT2D eigenvalue weighted by Gasteiger charge is -2.36. The number of aromatic nitrogens is 1. The highest BCUT2D eigenvalue weighted by Gasteiger charge is 2.19. The van der Waals surface area contributed by atoms with Crippen LogP contribution in [0.5, 0.6) is 0 Å². The molecule has 164 valence electrons. The number of benzene rings is 2. The summed E-state index contributed by atoms with van der Waals surface area (Å²) in [6.07, 6.45) is 0.975. The minimum Gasteiger partial charge on any atom is -0.423 e. The Bertz CT molecular complexity index is 1350. The van der Waals surface area contributed by atoms with Crippen LogP contribution < -0.4 is 21.4 Å². The van der Waals surface area contributed by atoms with E-state index in [0.717, 1.165) is 73.4 Å². The molecule has 2 N–H and O–H groups in total. The Morgan fingerprint density at radius 3 is 2.50 bits per heavy atom. The first kappa shape index (κ1) is 20.3. The molecule has 1 aliphatic heterocycles. The molecular weight excluding hydrogens is 404 g/mol. The van der Waals surface area contributed by atoms with Crippen molar-refractivity contribution in [3.05, 3.63) is 81.4 Å². The van der Waals surface area contributed by atoms with Crippen molar-refractivity contribution < 1.29 is 4.42 Å². The summed E-state index contributed by atoms with van der Waals surface area (Å²) in [5.74, 6) is 0. The van der Waals surface area contributed by atoms with Gasteiger partial charge in [-0.2, -0.15) is 0 Å². The summed E-state index contributed by atoms with van der Waals surface area (Å²) < 4.78 is 5.25. The predicted octanol–water partition coefficient (Wildman–Crippen LogP) is 3.26. The van der Waals surface area contributed by atoms with Crippen molar-refractivity contribution in [1.29, 1.82) is 0 Å². The van der Waals surface area contributed by atoms with Gasteiger partial charge in [-0.3, -0.25) is 9.69 Å². The van der Waals surface area contributed by atoms with Crippen LogP contribution in [0.3, 0.4) is 0 Å². The summed E-state index contributed by atoms with van der Waals surface area (Å²) in [4.78, 5) is 31.5. The average molecular weight is 431 g/mol. The van der Waals surface area contributed by atoms with E-state index in [2.05, 4.69) is 26.2 Å². The van der Waals surface area contributed by atoms with Crippen LogP contribution in [0.2, 0.25) is 0 Å². The minimum atomic E-state index is -0.338. The maximum atomic E-state index is 12.1. The molecule has 2 aromatic heterocycles. The number of H-pyrrole nitrogens is 1. The minimum absolute atomic E-state index is 0.0605. The second-order valence-electron chi connectivity index (χ2n) is 8.15. The van der Waals surface area contributed by atoms with Crippen molar-refractivity contribution in [2.24, 2.45) is 0 Å². The molecule has 5 rings (SSSR count). The Morgan fingerprint density at radius 1 is 0.906 bits per heavy atom. The Labute approximate surface area is 185 Å². The van der Waals surface area contributed by atoms with Crippen LogP contribution >= 0.6 is 0 Å². The molecule has 1 aliphatic rings. The lowest BCUT2D eigenvalue weighted by atomic mass is 10.1. The molecule has 0 atom stereocenters. The number of piperazine rings is 1. The number of nitrogens with zero attached hydrogens (tertiary/aromatic N) is 2.